The van der Waals surface area contributed by atoms with Crippen LogP contribution in [-0.4, -0.2) is 36.8 Å². The number of likely N-dealkylation sites (N-methyl/N-ethyl adjacent to an activating group) is 1. The number of aliphatic hydroxyl groups is 1. The molecule has 1 saturated carbocycles. The van der Waals surface area contributed by atoms with Crippen molar-refractivity contribution < 1.29 is 35.8 Å². The van der Waals surface area contributed by atoms with Gasteiger partial charge in [0.15, 0.2) is 0 Å². The fourth-order valence-electron chi connectivity index (χ4n) is 4.38. The summed E-state index contributed by atoms with van der Waals surface area (Å²) < 4.78 is 86.8. The normalized spacial score (nSPS) is 18.5. The number of nitrogens with zero attached hydrogens (tertiary/aromatic N) is 2. The second-order valence-corrected chi connectivity index (χ2v) is 8.97. The minimum absolute atomic E-state index is 0.00565. The minimum atomic E-state index is -4.90. The summed E-state index contributed by atoms with van der Waals surface area (Å²) in [5.41, 5.74) is -2.06. The lowest BCUT2D eigenvalue weighted by Crippen LogP contribution is -2.30. The van der Waals surface area contributed by atoms with E-state index in [1.807, 2.05) is 12.1 Å². The molecule has 11 heteroatoms. The number of hydrogen-bond acceptors (Lipinski definition) is 4. The molecule has 2 aromatic rings. The summed E-state index contributed by atoms with van der Waals surface area (Å²) in [6.45, 7) is 1.29. The maximum absolute atomic E-state index is 13.0. The largest absolute Gasteiger partial charge is 0.416 e. The number of alkyl halides is 6. The summed E-state index contributed by atoms with van der Waals surface area (Å²) in [6.07, 6.45) is -4.89. The van der Waals surface area contributed by atoms with E-state index in [1.54, 1.807) is 12.1 Å². The van der Waals surface area contributed by atoms with E-state index in [0.717, 1.165) is 13.1 Å². The Morgan fingerprint density at radius 2 is 1.56 bits per heavy atom. The SMILES string of the molecule is CN(CCO)C[C@@H]1CCCC(c2ccc(F)cc2)C1.O=NCc1cc(C(F)(F)F)cc(C(F)(F)F)c1. The maximum atomic E-state index is 13.0. The van der Waals surface area contributed by atoms with E-state index in [9.17, 15) is 35.6 Å². The summed E-state index contributed by atoms with van der Waals surface area (Å²) >= 11 is 0. The van der Waals surface area contributed by atoms with Crippen LogP contribution in [0, 0.1) is 16.6 Å². The number of rotatable bonds is 7. The van der Waals surface area contributed by atoms with E-state index in [0.29, 0.717) is 24.0 Å². The highest BCUT2D eigenvalue weighted by molar-refractivity contribution is 5.33. The topological polar surface area (TPSA) is 52.9 Å². The van der Waals surface area contributed by atoms with Gasteiger partial charge < -0.3 is 10.0 Å². The van der Waals surface area contributed by atoms with E-state index < -0.39 is 35.6 Å². The lowest BCUT2D eigenvalue weighted by atomic mass is 9.78. The summed E-state index contributed by atoms with van der Waals surface area (Å²) in [4.78, 5) is 12.1. The first-order valence-corrected chi connectivity index (χ1v) is 11.5. The first-order chi connectivity index (χ1) is 16.8. The van der Waals surface area contributed by atoms with Crippen LogP contribution in [0.3, 0.4) is 0 Å². The Balaban J connectivity index is 0.000000255. The molecule has 3 rings (SSSR count). The van der Waals surface area contributed by atoms with E-state index in [-0.39, 0.29) is 18.5 Å². The molecule has 0 aliphatic heterocycles. The summed E-state index contributed by atoms with van der Waals surface area (Å²) in [5, 5.41) is 11.2. The van der Waals surface area contributed by atoms with Crippen molar-refractivity contribution in [3.05, 3.63) is 75.4 Å². The molecule has 1 aliphatic carbocycles. The fourth-order valence-corrected chi connectivity index (χ4v) is 4.38. The molecule has 0 aromatic heterocycles. The van der Waals surface area contributed by atoms with Crippen molar-refractivity contribution in [1.82, 2.24) is 4.90 Å². The van der Waals surface area contributed by atoms with Crippen molar-refractivity contribution in [3.8, 4) is 0 Å². The molecule has 0 amide bonds. The third-order valence-corrected chi connectivity index (χ3v) is 6.07. The average molecular weight is 523 g/mol. The van der Waals surface area contributed by atoms with Crippen LogP contribution in [0.15, 0.2) is 47.6 Å². The Morgan fingerprint density at radius 1 is 0.972 bits per heavy atom. The fraction of sp³-hybridized carbons (Fsp3) is 0.520. The Hall–Kier alpha value is -2.53. The second kappa shape index (κ2) is 13.1. The van der Waals surface area contributed by atoms with Gasteiger partial charge in [0.25, 0.3) is 0 Å². The molecule has 0 bridgehead atoms. The zero-order valence-electron chi connectivity index (χ0n) is 19.7. The number of halogens is 7. The molecule has 0 spiro atoms. The molecule has 1 aliphatic rings. The van der Waals surface area contributed by atoms with Crippen LogP contribution in [0.5, 0.6) is 0 Å². The highest BCUT2D eigenvalue weighted by atomic mass is 19.4. The van der Waals surface area contributed by atoms with Gasteiger partial charge in [0, 0.05) is 13.1 Å². The highest BCUT2D eigenvalue weighted by Crippen LogP contribution is 2.37. The second-order valence-electron chi connectivity index (χ2n) is 8.97. The van der Waals surface area contributed by atoms with Crippen LogP contribution in [0.4, 0.5) is 30.7 Å². The standard InChI is InChI=1S/C16H24FNO.C9H5F6NO/c1-18(9-10-19)12-13-3-2-4-15(11-13)14-5-7-16(17)8-6-14;10-8(11,12)6-1-5(4-16-17)2-7(3-6)9(13,14)15/h5-8,13,15,19H,2-4,9-12H2,1H3;1-3H,4H2/t13-,15?;/m1./s1. The van der Waals surface area contributed by atoms with Crippen molar-refractivity contribution in [2.24, 2.45) is 11.1 Å². The lowest BCUT2D eigenvalue weighted by molar-refractivity contribution is -0.143. The van der Waals surface area contributed by atoms with Crippen LogP contribution < -0.4 is 0 Å². The van der Waals surface area contributed by atoms with Crippen molar-refractivity contribution >= 4 is 0 Å². The van der Waals surface area contributed by atoms with Gasteiger partial charge in [0.05, 0.1) is 17.7 Å². The molecule has 1 fully saturated rings. The van der Waals surface area contributed by atoms with Crippen LogP contribution in [0.1, 0.15) is 53.9 Å². The Labute approximate surface area is 205 Å². The van der Waals surface area contributed by atoms with Gasteiger partial charge in [-0.15, -0.1) is 0 Å². The minimum Gasteiger partial charge on any atom is -0.395 e. The van der Waals surface area contributed by atoms with E-state index in [2.05, 4.69) is 17.1 Å². The zero-order valence-corrected chi connectivity index (χ0v) is 19.7. The summed E-state index contributed by atoms with van der Waals surface area (Å²) in [6, 6.07) is 7.93. The molecule has 1 unspecified atom stereocenters. The smallest absolute Gasteiger partial charge is 0.395 e. The molecule has 2 atom stereocenters. The van der Waals surface area contributed by atoms with Gasteiger partial charge >= 0.3 is 12.4 Å². The first kappa shape index (κ1) is 29.7. The maximum Gasteiger partial charge on any atom is 0.416 e. The quantitative estimate of drug-likeness (QED) is 0.314. The highest BCUT2D eigenvalue weighted by Gasteiger charge is 2.36. The van der Waals surface area contributed by atoms with E-state index in [4.69, 9.17) is 5.11 Å². The number of hydrogen-bond donors (Lipinski definition) is 1. The van der Waals surface area contributed by atoms with Crippen molar-refractivity contribution in [2.45, 2.75) is 50.5 Å². The lowest BCUT2D eigenvalue weighted by Gasteiger charge is -2.32. The van der Waals surface area contributed by atoms with Crippen LogP contribution >= 0.6 is 0 Å². The third kappa shape index (κ3) is 9.50. The van der Waals surface area contributed by atoms with Gasteiger partial charge in [-0.2, -0.15) is 31.2 Å². The first-order valence-electron chi connectivity index (χ1n) is 11.5. The average Bonchev–Trinajstić information content (AvgIpc) is 2.79. The van der Waals surface area contributed by atoms with Gasteiger partial charge in [0.2, 0.25) is 0 Å². The molecular formula is C25H29F7N2O2. The van der Waals surface area contributed by atoms with Crippen LogP contribution in [0.2, 0.25) is 0 Å². The number of benzene rings is 2. The van der Waals surface area contributed by atoms with Gasteiger partial charge in [-0.3, -0.25) is 0 Å². The van der Waals surface area contributed by atoms with Gasteiger partial charge in [-0.05, 0) is 79.6 Å². The molecule has 2 aromatic carbocycles. The molecule has 0 radical (unpaired) electrons. The Bertz CT molecular complexity index is 930. The van der Waals surface area contributed by atoms with Crippen molar-refractivity contribution in [1.29, 1.82) is 0 Å². The van der Waals surface area contributed by atoms with Gasteiger partial charge in [-0.1, -0.05) is 23.7 Å². The molecule has 4 nitrogen and oxygen atoms in total. The predicted molar refractivity (Wildman–Crippen MR) is 122 cm³/mol. The molecule has 36 heavy (non-hydrogen) atoms. The molecule has 0 heterocycles. The van der Waals surface area contributed by atoms with E-state index in [1.165, 1.54) is 31.2 Å². The van der Waals surface area contributed by atoms with Gasteiger partial charge in [0.1, 0.15) is 12.4 Å². The molecular weight excluding hydrogens is 493 g/mol. The predicted octanol–water partition coefficient (Wildman–Crippen LogP) is 7.01. The molecule has 200 valence electrons. The Morgan fingerprint density at radius 3 is 2.06 bits per heavy atom. The molecule has 1 N–H and O–H groups in total. The number of nitroso groups, excluding NO2 is 1. The Kier molecular flexibility index (Phi) is 10.8. The third-order valence-electron chi connectivity index (χ3n) is 6.07. The van der Waals surface area contributed by atoms with E-state index >= 15 is 0 Å². The molecule has 0 saturated heterocycles. The van der Waals surface area contributed by atoms with Crippen molar-refractivity contribution in [2.75, 3.05) is 26.7 Å². The van der Waals surface area contributed by atoms with Crippen LogP contribution in [-0.2, 0) is 18.9 Å². The summed E-state index contributed by atoms with van der Waals surface area (Å²) in [7, 11) is 2.07. The van der Waals surface area contributed by atoms with Crippen molar-refractivity contribution in [3.63, 3.8) is 0 Å². The zero-order chi connectivity index (χ0) is 26.9. The van der Waals surface area contributed by atoms with Gasteiger partial charge in [-0.25, -0.2) is 4.39 Å². The van der Waals surface area contributed by atoms with Crippen LogP contribution in [0.25, 0.3) is 0 Å². The summed E-state index contributed by atoms with van der Waals surface area (Å²) in [5.74, 6) is 1.11. The number of aliphatic hydroxyl groups excluding tert-OH is 1. The monoisotopic (exact) mass is 522 g/mol.